The molecule has 0 bridgehead atoms. The van der Waals surface area contributed by atoms with Crippen LogP contribution in [0, 0.1) is 10.1 Å². The molecule has 10 nitrogen and oxygen atoms in total. The summed E-state index contributed by atoms with van der Waals surface area (Å²) in [4.78, 5) is 25.9. The van der Waals surface area contributed by atoms with Crippen molar-refractivity contribution in [3.05, 3.63) is 46.1 Å². The lowest BCUT2D eigenvalue weighted by atomic mass is 10.1. The molecular weight excluding hydrogens is 280 g/mol. The Bertz CT molecular complexity index is 642. The number of hydrogen-bond acceptors (Lipinski definition) is 8. The number of nitrogens with two attached hydrogens (primary N) is 1. The van der Waals surface area contributed by atoms with Gasteiger partial charge in [-0.05, 0) is 12.1 Å². The standard InChI is InChI=1S/C11H12N6O4/c12-15-8-5-7(1-2-9(8)17(19)20)11(18)13-4-3-10-14-6-21-16-10/h1-2,5-6,15H,3-4,12H2,(H,13,18). The van der Waals surface area contributed by atoms with E-state index in [1.807, 2.05) is 0 Å². The lowest BCUT2D eigenvalue weighted by Gasteiger charge is -2.06. The second-order valence-electron chi connectivity index (χ2n) is 3.99. The van der Waals surface area contributed by atoms with E-state index in [0.29, 0.717) is 18.8 Å². The van der Waals surface area contributed by atoms with E-state index in [4.69, 9.17) is 5.84 Å². The summed E-state index contributed by atoms with van der Waals surface area (Å²) in [6, 6.07) is 3.87. The summed E-state index contributed by atoms with van der Waals surface area (Å²) >= 11 is 0. The molecule has 0 saturated heterocycles. The summed E-state index contributed by atoms with van der Waals surface area (Å²) in [6.45, 7) is 0.306. The van der Waals surface area contributed by atoms with Gasteiger partial charge in [0.1, 0.15) is 5.69 Å². The zero-order valence-corrected chi connectivity index (χ0v) is 10.8. The number of nitrogens with zero attached hydrogens (tertiary/aromatic N) is 3. The smallest absolute Gasteiger partial charge is 0.293 e. The third-order valence-electron chi connectivity index (χ3n) is 2.65. The maximum Gasteiger partial charge on any atom is 0.293 e. The monoisotopic (exact) mass is 292 g/mol. The van der Waals surface area contributed by atoms with Crippen molar-refractivity contribution in [2.24, 2.45) is 5.84 Å². The number of hydrogen-bond donors (Lipinski definition) is 3. The number of nitro groups is 1. The number of carbonyl (C=O) groups excluding carboxylic acids is 1. The summed E-state index contributed by atoms with van der Waals surface area (Å²) in [5, 5.41) is 17.0. The first-order valence-corrected chi connectivity index (χ1v) is 5.90. The van der Waals surface area contributed by atoms with Crippen molar-refractivity contribution in [1.29, 1.82) is 0 Å². The van der Waals surface area contributed by atoms with Crippen molar-refractivity contribution in [3.63, 3.8) is 0 Å². The first-order chi connectivity index (χ1) is 10.1. The minimum atomic E-state index is -0.590. The molecular formula is C11H12N6O4. The molecule has 0 aliphatic carbocycles. The van der Waals surface area contributed by atoms with Gasteiger partial charge >= 0.3 is 0 Å². The highest BCUT2D eigenvalue weighted by molar-refractivity contribution is 5.95. The number of benzene rings is 1. The lowest BCUT2D eigenvalue weighted by molar-refractivity contribution is -0.384. The topological polar surface area (TPSA) is 149 Å². The van der Waals surface area contributed by atoms with Gasteiger partial charge in [0.05, 0.1) is 4.92 Å². The van der Waals surface area contributed by atoms with E-state index in [1.165, 1.54) is 24.6 Å². The average molecular weight is 292 g/mol. The van der Waals surface area contributed by atoms with E-state index in [0.717, 1.165) is 0 Å². The Kier molecular flexibility index (Phi) is 4.41. The molecule has 21 heavy (non-hydrogen) atoms. The molecule has 0 aliphatic heterocycles. The predicted molar refractivity (Wildman–Crippen MR) is 71.2 cm³/mol. The van der Waals surface area contributed by atoms with Crippen molar-refractivity contribution in [2.75, 3.05) is 12.0 Å². The van der Waals surface area contributed by atoms with E-state index >= 15 is 0 Å². The number of nitrogen functional groups attached to an aromatic ring is 1. The summed E-state index contributed by atoms with van der Waals surface area (Å²) in [6.07, 6.45) is 1.61. The van der Waals surface area contributed by atoms with Gasteiger partial charge in [0, 0.05) is 24.6 Å². The Morgan fingerprint density at radius 2 is 2.29 bits per heavy atom. The Morgan fingerprint density at radius 1 is 1.48 bits per heavy atom. The van der Waals surface area contributed by atoms with Crippen LogP contribution in [0.3, 0.4) is 0 Å². The van der Waals surface area contributed by atoms with E-state index < -0.39 is 4.92 Å². The number of amides is 1. The molecule has 0 saturated carbocycles. The fourth-order valence-electron chi connectivity index (χ4n) is 1.64. The van der Waals surface area contributed by atoms with Gasteiger partial charge in [-0.1, -0.05) is 5.16 Å². The Balaban J connectivity index is 2.00. The number of nitro benzene ring substituents is 1. The van der Waals surface area contributed by atoms with E-state index in [1.54, 1.807) is 0 Å². The summed E-state index contributed by atoms with van der Waals surface area (Å²) in [5.41, 5.74) is 2.30. The maximum absolute atomic E-state index is 11.9. The van der Waals surface area contributed by atoms with Gasteiger partial charge in [-0.3, -0.25) is 20.8 Å². The Labute approximate surface area is 118 Å². The summed E-state index contributed by atoms with van der Waals surface area (Å²) < 4.78 is 4.56. The lowest BCUT2D eigenvalue weighted by Crippen LogP contribution is -2.26. The highest BCUT2D eigenvalue weighted by Crippen LogP contribution is 2.24. The molecule has 0 atom stereocenters. The molecule has 2 rings (SSSR count). The van der Waals surface area contributed by atoms with Crippen LogP contribution in [0.1, 0.15) is 16.2 Å². The Morgan fingerprint density at radius 3 is 2.90 bits per heavy atom. The van der Waals surface area contributed by atoms with Crippen LogP contribution in [0.15, 0.2) is 29.1 Å². The second kappa shape index (κ2) is 6.43. The minimum absolute atomic E-state index is 0.0609. The summed E-state index contributed by atoms with van der Waals surface area (Å²) in [5.74, 6) is 5.30. The number of nitrogens with one attached hydrogen (secondary N) is 2. The van der Waals surface area contributed by atoms with Crippen LogP contribution in [-0.4, -0.2) is 27.5 Å². The van der Waals surface area contributed by atoms with Crippen LogP contribution in [0.2, 0.25) is 0 Å². The molecule has 1 heterocycles. The number of rotatable bonds is 6. The fourth-order valence-corrected chi connectivity index (χ4v) is 1.64. The second-order valence-corrected chi connectivity index (χ2v) is 3.99. The van der Waals surface area contributed by atoms with Crippen LogP contribution in [-0.2, 0) is 6.42 Å². The normalized spacial score (nSPS) is 10.1. The molecule has 10 heteroatoms. The molecule has 1 amide bonds. The maximum atomic E-state index is 11.9. The SMILES string of the molecule is NNc1cc(C(=O)NCCc2ncon2)ccc1[N+](=O)[O-]. The molecule has 1 aromatic carbocycles. The van der Waals surface area contributed by atoms with Crippen LogP contribution in [0.25, 0.3) is 0 Å². The van der Waals surface area contributed by atoms with Crippen molar-refractivity contribution in [1.82, 2.24) is 15.5 Å². The Hall–Kier alpha value is -3.01. The zero-order chi connectivity index (χ0) is 15.2. The first-order valence-electron chi connectivity index (χ1n) is 5.90. The highest BCUT2D eigenvalue weighted by atomic mass is 16.6. The van der Waals surface area contributed by atoms with Gasteiger partial charge in [0.15, 0.2) is 5.82 Å². The average Bonchev–Trinajstić information content (AvgIpc) is 2.99. The third-order valence-corrected chi connectivity index (χ3v) is 2.65. The molecule has 0 aliphatic rings. The van der Waals surface area contributed by atoms with Crippen LogP contribution < -0.4 is 16.6 Å². The largest absolute Gasteiger partial charge is 0.352 e. The highest BCUT2D eigenvalue weighted by Gasteiger charge is 2.16. The van der Waals surface area contributed by atoms with Gasteiger partial charge in [-0.15, -0.1) is 0 Å². The van der Waals surface area contributed by atoms with Crippen molar-refractivity contribution < 1.29 is 14.2 Å². The van der Waals surface area contributed by atoms with Gasteiger partial charge in [0.25, 0.3) is 11.6 Å². The number of anilines is 1. The van der Waals surface area contributed by atoms with E-state index in [2.05, 4.69) is 25.4 Å². The van der Waals surface area contributed by atoms with Gasteiger partial charge in [0.2, 0.25) is 6.39 Å². The molecule has 2 aromatic rings. The molecule has 0 radical (unpaired) electrons. The number of carbonyl (C=O) groups is 1. The molecule has 0 fully saturated rings. The predicted octanol–water partition coefficient (Wildman–Crippen LogP) is 0.236. The van der Waals surface area contributed by atoms with Gasteiger partial charge in [-0.25, -0.2) is 0 Å². The van der Waals surface area contributed by atoms with Crippen LogP contribution in [0.4, 0.5) is 11.4 Å². The van der Waals surface area contributed by atoms with Gasteiger partial charge < -0.3 is 15.3 Å². The molecule has 110 valence electrons. The van der Waals surface area contributed by atoms with E-state index in [-0.39, 0.29) is 22.8 Å². The molecule has 0 unspecified atom stereocenters. The van der Waals surface area contributed by atoms with Crippen molar-refractivity contribution in [2.45, 2.75) is 6.42 Å². The quantitative estimate of drug-likeness (QED) is 0.389. The summed E-state index contributed by atoms with van der Waals surface area (Å²) in [7, 11) is 0. The van der Waals surface area contributed by atoms with Crippen LogP contribution in [0.5, 0.6) is 0 Å². The van der Waals surface area contributed by atoms with Gasteiger partial charge in [-0.2, -0.15) is 4.98 Å². The fraction of sp³-hybridized carbons (Fsp3) is 0.182. The van der Waals surface area contributed by atoms with Crippen LogP contribution >= 0.6 is 0 Å². The molecule has 1 aromatic heterocycles. The zero-order valence-electron chi connectivity index (χ0n) is 10.8. The third kappa shape index (κ3) is 3.51. The molecule has 4 N–H and O–H groups in total. The number of aromatic nitrogens is 2. The molecule has 0 spiro atoms. The number of hydrazine groups is 1. The van der Waals surface area contributed by atoms with Crippen molar-refractivity contribution >= 4 is 17.3 Å². The van der Waals surface area contributed by atoms with Crippen molar-refractivity contribution in [3.8, 4) is 0 Å². The van der Waals surface area contributed by atoms with E-state index in [9.17, 15) is 14.9 Å². The minimum Gasteiger partial charge on any atom is -0.352 e. The first kappa shape index (κ1) is 14.4.